The van der Waals surface area contributed by atoms with E-state index in [-0.39, 0.29) is 0 Å². The molecule has 0 bridgehead atoms. The summed E-state index contributed by atoms with van der Waals surface area (Å²) < 4.78 is 9.83. The maximum Gasteiger partial charge on any atom is 0.148 e. The van der Waals surface area contributed by atoms with Crippen LogP contribution >= 0.6 is 0 Å². The molecule has 0 radical (unpaired) electrons. The van der Waals surface area contributed by atoms with Crippen molar-refractivity contribution in [3.63, 3.8) is 0 Å². The highest BCUT2D eigenvalue weighted by atomic mass is 16.7. The lowest BCUT2D eigenvalue weighted by atomic mass is 10.6. The molecule has 0 unspecified atom stereocenters. The Balaban J connectivity index is 2.97. The minimum atomic E-state index is 0.322. The smallest absolute Gasteiger partial charge is 0.148 e. The van der Waals surface area contributed by atoms with Gasteiger partial charge in [-0.15, -0.1) is 0 Å². The average Bonchev–Trinajstić information content (AvgIpc) is 1.97. The van der Waals surface area contributed by atoms with Crippen LogP contribution in [0.25, 0.3) is 0 Å². The summed E-state index contributed by atoms with van der Waals surface area (Å²) >= 11 is 0. The molecule has 0 rings (SSSR count). The van der Waals surface area contributed by atoms with Crippen molar-refractivity contribution in [2.45, 2.75) is 6.92 Å². The monoisotopic (exact) mass is 140 g/mol. The fourth-order valence-electron chi connectivity index (χ4n) is 0.349. The van der Waals surface area contributed by atoms with Gasteiger partial charge >= 0.3 is 0 Å². The number of ether oxygens (including phenoxy) is 2. The Morgan fingerprint density at radius 3 is 2.90 bits per heavy atom. The highest BCUT2D eigenvalue weighted by molar-refractivity contribution is 5.12. The van der Waals surface area contributed by atoms with E-state index in [0.29, 0.717) is 20.0 Å². The van der Waals surface area contributed by atoms with Gasteiger partial charge in [0.25, 0.3) is 0 Å². The predicted molar refractivity (Wildman–Crippen MR) is 40.4 cm³/mol. The zero-order chi connectivity index (χ0) is 7.66. The lowest BCUT2D eigenvalue weighted by Crippen LogP contribution is -1.98. The van der Waals surface area contributed by atoms with Crippen molar-refractivity contribution < 1.29 is 9.47 Å². The molecule has 0 atom stereocenters. The Bertz CT molecular complexity index is 130. The molecule has 0 aromatic rings. The molecule has 2 heteroatoms. The third-order valence-electron chi connectivity index (χ3n) is 0.749. The first-order chi connectivity index (χ1) is 4.91. The van der Waals surface area contributed by atoms with Crippen LogP contribution < -0.4 is 0 Å². The summed E-state index contributed by atoms with van der Waals surface area (Å²) in [6, 6.07) is 0. The van der Waals surface area contributed by atoms with Crippen LogP contribution in [0.5, 0.6) is 0 Å². The van der Waals surface area contributed by atoms with Crippen molar-refractivity contribution in [2.24, 2.45) is 0 Å². The second-order valence-electron chi connectivity index (χ2n) is 1.48. The van der Waals surface area contributed by atoms with Crippen molar-refractivity contribution in [3.05, 3.63) is 12.7 Å². The Labute approximate surface area is 61.8 Å². The van der Waals surface area contributed by atoms with Crippen LogP contribution in [0.4, 0.5) is 0 Å². The number of hydrogen-bond acceptors (Lipinski definition) is 2. The van der Waals surface area contributed by atoms with Gasteiger partial charge in [0.1, 0.15) is 13.4 Å². The second-order valence-corrected chi connectivity index (χ2v) is 1.48. The first-order valence-corrected chi connectivity index (χ1v) is 3.16. The average molecular weight is 140 g/mol. The van der Waals surface area contributed by atoms with Crippen molar-refractivity contribution in [3.8, 4) is 11.8 Å². The molecule has 0 aromatic carbocycles. The molecular weight excluding hydrogens is 128 g/mol. The largest absolute Gasteiger partial charge is 0.356 e. The fraction of sp³-hybridized carbons (Fsp3) is 0.500. The van der Waals surface area contributed by atoms with E-state index in [2.05, 4.69) is 18.4 Å². The maximum atomic E-state index is 4.93. The quantitative estimate of drug-likeness (QED) is 0.332. The first-order valence-electron chi connectivity index (χ1n) is 3.16. The maximum absolute atomic E-state index is 4.93. The molecule has 0 saturated heterocycles. The molecule has 0 spiro atoms. The van der Waals surface area contributed by atoms with E-state index < -0.39 is 0 Å². The van der Waals surface area contributed by atoms with Crippen LogP contribution in [-0.4, -0.2) is 20.0 Å². The Morgan fingerprint density at radius 1 is 1.50 bits per heavy atom. The van der Waals surface area contributed by atoms with E-state index in [9.17, 15) is 0 Å². The van der Waals surface area contributed by atoms with Crippen LogP contribution in [0.15, 0.2) is 12.7 Å². The molecule has 0 heterocycles. The van der Waals surface area contributed by atoms with Gasteiger partial charge in [0.15, 0.2) is 0 Å². The number of hydrogen-bond donors (Lipinski definition) is 0. The van der Waals surface area contributed by atoms with Gasteiger partial charge in [0.2, 0.25) is 0 Å². The zero-order valence-electron chi connectivity index (χ0n) is 6.22. The van der Waals surface area contributed by atoms with Gasteiger partial charge in [-0.2, -0.15) is 0 Å². The van der Waals surface area contributed by atoms with Gasteiger partial charge in [-0.1, -0.05) is 18.4 Å². The number of allylic oxidation sites excluding steroid dienone is 1. The Morgan fingerprint density at radius 2 is 2.30 bits per heavy atom. The summed E-state index contributed by atoms with van der Waals surface area (Å²) in [6.45, 7) is 6.76. The van der Waals surface area contributed by atoms with Crippen molar-refractivity contribution in [1.29, 1.82) is 0 Å². The van der Waals surface area contributed by atoms with Crippen LogP contribution in [0.3, 0.4) is 0 Å². The molecular formula is C8H12O2. The molecule has 0 aromatic heterocycles. The molecule has 2 nitrogen and oxygen atoms in total. The highest BCUT2D eigenvalue weighted by Gasteiger charge is 1.79. The van der Waals surface area contributed by atoms with E-state index >= 15 is 0 Å². The first kappa shape index (κ1) is 9.22. The predicted octanol–water partition coefficient (Wildman–Crippen LogP) is 1.19. The summed E-state index contributed by atoms with van der Waals surface area (Å²) in [5.41, 5.74) is 0. The van der Waals surface area contributed by atoms with E-state index in [0.717, 1.165) is 0 Å². The molecule has 10 heavy (non-hydrogen) atoms. The topological polar surface area (TPSA) is 18.5 Å². The standard InChI is InChI=1S/C8H12O2/c1-3-5-6-7-10-8-9-4-2/h3H,1,4,7-8H2,2H3. The van der Waals surface area contributed by atoms with Crippen LogP contribution in [0.1, 0.15) is 6.92 Å². The summed E-state index contributed by atoms with van der Waals surface area (Å²) in [5, 5.41) is 0. The molecule has 0 saturated carbocycles. The second kappa shape index (κ2) is 8.22. The van der Waals surface area contributed by atoms with Gasteiger partial charge < -0.3 is 9.47 Å². The van der Waals surface area contributed by atoms with E-state index in [1.54, 1.807) is 0 Å². The van der Waals surface area contributed by atoms with E-state index in [4.69, 9.17) is 9.47 Å². The minimum Gasteiger partial charge on any atom is -0.356 e. The molecule has 0 N–H and O–H groups in total. The number of rotatable bonds is 4. The molecule has 0 aliphatic heterocycles. The fourth-order valence-corrected chi connectivity index (χ4v) is 0.349. The third-order valence-corrected chi connectivity index (χ3v) is 0.749. The molecule has 0 amide bonds. The van der Waals surface area contributed by atoms with Crippen LogP contribution in [0, 0.1) is 11.8 Å². The van der Waals surface area contributed by atoms with Crippen molar-refractivity contribution in [1.82, 2.24) is 0 Å². The summed E-state index contributed by atoms with van der Waals surface area (Å²) in [7, 11) is 0. The normalized spacial score (nSPS) is 8.10. The highest BCUT2D eigenvalue weighted by Crippen LogP contribution is 1.75. The minimum absolute atomic E-state index is 0.322. The zero-order valence-corrected chi connectivity index (χ0v) is 6.22. The molecule has 0 aliphatic carbocycles. The summed E-state index contributed by atoms with van der Waals surface area (Å²) in [5.74, 6) is 5.38. The molecule has 0 fully saturated rings. The Kier molecular flexibility index (Phi) is 7.58. The lowest BCUT2D eigenvalue weighted by molar-refractivity contribution is -0.0371. The van der Waals surface area contributed by atoms with E-state index in [1.165, 1.54) is 6.08 Å². The van der Waals surface area contributed by atoms with Gasteiger partial charge in [0.05, 0.1) is 0 Å². The van der Waals surface area contributed by atoms with Crippen LogP contribution in [-0.2, 0) is 9.47 Å². The molecule has 0 aliphatic rings. The third kappa shape index (κ3) is 7.22. The Hall–Kier alpha value is -0.780. The van der Waals surface area contributed by atoms with Crippen molar-refractivity contribution in [2.75, 3.05) is 20.0 Å². The van der Waals surface area contributed by atoms with Gasteiger partial charge in [-0.25, -0.2) is 0 Å². The van der Waals surface area contributed by atoms with Gasteiger partial charge in [-0.05, 0) is 13.0 Å². The molecule has 56 valence electrons. The van der Waals surface area contributed by atoms with Crippen molar-refractivity contribution >= 4 is 0 Å². The van der Waals surface area contributed by atoms with Gasteiger partial charge in [-0.3, -0.25) is 0 Å². The van der Waals surface area contributed by atoms with Gasteiger partial charge in [0, 0.05) is 6.61 Å². The lowest BCUT2D eigenvalue weighted by Gasteiger charge is -1.97. The SMILES string of the molecule is C=CC#CCOCOCC. The summed E-state index contributed by atoms with van der Waals surface area (Å²) in [6.07, 6.45) is 1.53. The summed E-state index contributed by atoms with van der Waals surface area (Å²) in [4.78, 5) is 0. The van der Waals surface area contributed by atoms with Crippen LogP contribution in [0.2, 0.25) is 0 Å². The van der Waals surface area contributed by atoms with E-state index in [1.807, 2.05) is 6.92 Å².